The van der Waals surface area contributed by atoms with Gasteiger partial charge in [-0.15, -0.1) is 0 Å². The molecule has 1 aliphatic heterocycles. The Hall–Kier alpha value is -0.450. The highest BCUT2D eigenvalue weighted by molar-refractivity contribution is 9.10. The predicted octanol–water partition coefficient (Wildman–Crippen LogP) is 3.81. The number of nitrogens with one attached hydrogen (secondary N) is 1. The van der Waals surface area contributed by atoms with E-state index in [4.69, 9.17) is 4.74 Å². The zero-order valence-corrected chi connectivity index (χ0v) is 12.6. The lowest BCUT2D eigenvalue weighted by Crippen LogP contribution is -2.39. The minimum absolute atomic E-state index is 0.0149. The largest absolute Gasteiger partial charge is 0.376 e. The first-order valence-corrected chi connectivity index (χ1v) is 7.77. The van der Waals surface area contributed by atoms with Crippen molar-refractivity contribution in [3.05, 3.63) is 34.1 Å². The topological polar surface area (TPSA) is 21.3 Å². The molecule has 1 saturated heterocycles. The van der Waals surface area contributed by atoms with E-state index in [2.05, 4.69) is 21.2 Å². The molecule has 3 unspecified atom stereocenters. The highest BCUT2D eigenvalue weighted by atomic mass is 79.9. The van der Waals surface area contributed by atoms with Gasteiger partial charge in [-0.25, -0.2) is 4.39 Å². The van der Waals surface area contributed by atoms with Crippen molar-refractivity contribution in [2.45, 2.75) is 44.4 Å². The van der Waals surface area contributed by atoms with E-state index in [1.54, 1.807) is 0 Å². The maximum Gasteiger partial charge on any atom is 0.129 e. The second kappa shape index (κ2) is 5.51. The van der Waals surface area contributed by atoms with Crippen molar-refractivity contribution in [3.8, 4) is 0 Å². The Balaban J connectivity index is 1.68. The Morgan fingerprint density at radius 2 is 2.16 bits per heavy atom. The van der Waals surface area contributed by atoms with E-state index < -0.39 is 0 Å². The number of rotatable bonds is 4. The molecular weight excluding hydrogens is 309 g/mol. The number of ether oxygens (including phenoxy) is 1. The molecule has 1 saturated carbocycles. The average Bonchev–Trinajstić information content (AvgIpc) is 3.10. The van der Waals surface area contributed by atoms with Crippen molar-refractivity contribution in [1.82, 2.24) is 5.32 Å². The molecule has 1 aliphatic carbocycles. The van der Waals surface area contributed by atoms with Crippen LogP contribution in [0.4, 0.5) is 4.39 Å². The molecule has 2 aliphatic rings. The van der Waals surface area contributed by atoms with Crippen molar-refractivity contribution in [2.75, 3.05) is 6.61 Å². The molecule has 1 aromatic carbocycles. The van der Waals surface area contributed by atoms with Gasteiger partial charge in [-0.1, -0.05) is 22.0 Å². The molecule has 4 heteroatoms. The van der Waals surface area contributed by atoms with Crippen LogP contribution in [0.2, 0.25) is 0 Å². The number of halogens is 2. The van der Waals surface area contributed by atoms with Gasteiger partial charge in [0.25, 0.3) is 0 Å². The average molecular weight is 328 g/mol. The lowest BCUT2D eigenvalue weighted by atomic mass is 10.0. The van der Waals surface area contributed by atoms with Crippen LogP contribution in [-0.2, 0) is 4.74 Å². The molecule has 0 bridgehead atoms. The summed E-state index contributed by atoms with van der Waals surface area (Å²) in [6, 6.07) is 5.64. The molecule has 0 spiro atoms. The van der Waals surface area contributed by atoms with Gasteiger partial charge in [0.1, 0.15) is 5.82 Å². The second-order valence-electron chi connectivity index (χ2n) is 5.62. The smallest absolute Gasteiger partial charge is 0.129 e. The SMILES string of the molecule is CC(NC1CCOC1C1CC1)c1ccc(Br)cc1F. The van der Waals surface area contributed by atoms with Gasteiger partial charge in [0.2, 0.25) is 0 Å². The predicted molar refractivity (Wildman–Crippen MR) is 76.5 cm³/mol. The van der Waals surface area contributed by atoms with E-state index in [9.17, 15) is 4.39 Å². The molecule has 0 radical (unpaired) electrons. The van der Waals surface area contributed by atoms with Gasteiger partial charge in [0.05, 0.1) is 6.10 Å². The second-order valence-corrected chi connectivity index (χ2v) is 6.54. The van der Waals surface area contributed by atoms with Crippen LogP contribution in [0.15, 0.2) is 22.7 Å². The highest BCUT2D eigenvalue weighted by Gasteiger charge is 2.40. The van der Waals surface area contributed by atoms with E-state index in [0.717, 1.165) is 29.0 Å². The monoisotopic (exact) mass is 327 g/mol. The van der Waals surface area contributed by atoms with Crippen molar-refractivity contribution < 1.29 is 9.13 Å². The maximum absolute atomic E-state index is 13.9. The minimum atomic E-state index is -0.156. The fourth-order valence-electron chi connectivity index (χ4n) is 2.94. The Morgan fingerprint density at radius 3 is 2.84 bits per heavy atom. The first-order chi connectivity index (χ1) is 9.15. The summed E-state index contributed by atoms with van der Waals surface area (Å²) in [4.78, 5) is 0. The van der Waals surface area contributed by atoms with Gasteiger partial charge >= 0.3 is 0 Å². The van der Waals surface area contributed by atoms with Crippen LogP contribution in [0.3, 0.4) is 0 Å². The molecule has 0 aromatic heterocycles. The molecule has 1 aromatic rings. The standard InChI is InChI=1S/C15H19BrFNO/c1-9(12-5-4-11(16)8-13(12)17)18-14-6-7-19-15(14)10-2-3-10/h4-5,8-10,14-15,18H,2-3,6-7H2,1H3. The van der Waals surface area contributed by atoms with Crippen LogP contribution in [0, 0.1) is 11.7 Å². The fourth-order valence-corrected chi connectivity index (χ4v) is 3.28. The van der Waals surface area contributed by atoms with E-state index in [-0.39, 0.29) is 11.9 Å². The normalized spacial score (nSPS) is 28.6. The Bertz CT molecular complexity index is 463. The molecule has 1 N–H and O–H groups in total. The van der Waals surface area contributed by atoms with E-state index in [0.29, 0.717) is 12.1 Å². The van der Waals surface area contributed by atoms with Crippen molar-refractivity contribution in [1.29, 1.82) is 0 Å². The third kappa shape index (κ3) is 3.01. The van der Waals surface area contributed by atoms with Crippen LogP contribution in [0.25, 0.3) is 0 Å². The summed E-state index contributed by atoms with van der Waals surface area (Å²) in [5, 5.41) is 3.55. The number of hydrogen-bond donors (Lipinski definition) is 1. The number of hydrogen-bond acceptors (Lipinski definition) is 2. The van der Waals surface area contributed by atoms with Gasteiger partial charge in [0.15, 0.2) is 0 Å². The summed E-state index contributed by atoms with van der Waals surface area (Å²) < 4.78 is 20.5. The zero-order chi connectivity index (χ0) is 13.4. The van der Waals surface area contributed by atoms with Crippen LogP contribution in [0.1, 0.15) is 37.8 Å². The molecule has 104 valence electrons. The summed E-state index contributed by atoms with van der Waals surface area (Å²) in [5.74, 6) is 0.568. The molecule has 3 atom stereocenters. The van der Waals surface area contributed by atoms with Crippen LogP contribution in [0.5, 0.6) is 0 Å². The Labute approximate surface area is 121 Å². The van der Waals surface area contributed by atoms with Crippen molar-refractivity contribution in [2.24, 2.45) is 5.92 Å². The van der Waals surface area contributed by atoms with E-state index in [1.807, 2.05) is 19.1 Å². The molecule has 1 heterocycles. The lowest BCUT2D eigenvalue weighted by Gasteiger charge is -2.24. The quantitative estimate of drug-likeness (QED) is 0.908. The zero-order valence-electron chi connectivity index (χ0n) is 11.0. The molecule has 2 fully saturated rings. The van der Waals surface area contributed by atoms with E-state index in [1.165, 1.54) is 18.9 Å². The highest BCUT2D eigenvalue weighted by Crippen LogP contribution is 2.39. The van der Waals surface area contributed by atoms with Crippen molar-refractivity contribution >= 4 is 15.9 Å². The molecule has 2 nitrogen and oxygen atoms in total. The summed E-state index contributed by atoms with van der Waals surface area (Å²) >= 11 is 3.29. The summed E-state index contributed by atoms with van der Waals surface area (Å²) in [6.07, 6.45) is 3.93. The van der Waals surface area contributed by atoms with E-state index >= 15 is 0 Å². The van der Waals surface area contributed by atoms with Gasteiger partial charge in [0, 0.05) is 28.7 Å². The van der Waals surface area contributed by atoms with Crippen LogP contribution in [-0.4, -0.2) is 18.8 Å². The van der Waals surface area contributed by atoms with Crippen LogP contribution < -0.4 is 5.32 Å². The molecule has 19 heavy (non-hydrogen) atoms. The van der Waals surface area contributed by atoms with Crippen LogP contribution >= 0.6 is 15.9 Å². The third-order valence-corrected chi connectivity index (χ3v) is 4.61. The molecule has 0 amide bonds. The van der Waals surface area contributed by atoms with Gasteiger partial charge < -0.3 is 10.1 Å². The first kappa shape index (κ1) is 13.5. The summed E-state index contributed by atoms with van der Waals surface area (Å²) in [7, 11) is 0. The first-order valence-electron chi connectivity index (χ1n) is 6.98. The third-order valence-electron chi connectivity index (χ3n) is 4.12. The Morgan fingerprint density at radius 1 is 1.37 bits per heavy atom. The Kier molecular flexibility index (Phi) is 3.92. The van der Waals surface area contributed by atoms with Gasteiger partial charge in [-0.3, -0.25) is 0 Å². The van der Waals surface area contributed by atoms with Gasteiger partial charge in [-0.2, -0.15) is 0 Å². The molecule has 3 rings (SSSR count). The summed E-state index contributed by atoms with van der Waals surface area (Å²) in [5.41, 5.74) is 0.727. The fraction of sp³-hybridized carbons (Fsp3) is 0.600. The maximum atomic E-state index is 13.9. The molecular formula is C15H19BrFNO. The minimum Gasteiger partial charge on any atom is -0.376 e. The van der Waals surface area contributed by atoms with Gasteiger partial charge in [-0.05, 0) is 44.2 Å². The summed E-state index contributed by atoms with van der Waals surface area (Å²) in [6.45, 7) is 2.85. The number of benzene rings is 1. The lowest BCUT2D eigenvalue weighted by molar-refractivity contribution is 0.0792. The van der Waals surface area contributed by atoms with Crippen molar-refractivity contribution in [3.63, 3.8) is 0 Å².